The molecule has 1 atom stereocenters. The fourth-order valence-electron chi connectivity index (χ4n) is 5.20. The van der Waals surface area contributed by atoms with E-state index in [0.29, 0.717) is 23.2 Å². The molecular weight excluding hydrogens is 468 g/mol. The first-order valence-corrected chi connectivity index (χ1v) is 12.1. The standard InChI is InChI=1S/C29H24N4O4/c1-17-14-20-12-13-32-26(20)22(15-17)25(19-8-4-3-5-9-19)31-27(29(32)36)33-24(16-37-18(2)34)30-23-11-7-6-10-21(23)28(33)35/h3-11,14-15,27H,12-13,16H2,1-2H3. The number of fused-ring (bicyclic) bond motifs is 1. The number of para-hydroxylation sites is 1. The highest BCUT2D eigenvalue weighted by molar-refractivity contribution is 6.20. The second kappa shape index (κ2) is 8.81. The second-order valence-corrected chi connectivity index (χ2v) is 9.28. The van der Waals surface area contributed by atoms with Crippen LogP contribution in [0, 0.1) is 6.92 Å². The summed E-state index contributed by atoms with van der Waals surface area (Å²) >= 11 is 0. The molecule has 3 heterocycles. The normalized spacial score (nSPS) is 16.4. The monoisotopic (exact) mass is 492 g/mol. The Morgan fingerprint density at radius 3 is 2.59 bits per heavy atom. The molecule has 0 saturated carbocycles. The van der Waals surface area contributed by atoms with E-state index in [4.69, 9.17) is 9.73 Å². The van der Waals surface area contributed by atoms with Crippen molar-refractivity contribution in [2.75, 3.05) is 11.4 Å². The molecule has 37 heavy (non-hydrogen) atoms. The van der Waals surface area contributed by atoms with Gasteiger partial charge < -0.3 is 9.64 Å². The van der Waals surface area contributed by atoms with Crippen LogP contribution in [0.25, 0.3) is 10.9 Å². The first kappa shape index (κ1) is 22.8. The molecule has 4 aromatic rings. The molecule has 1 aromatic heterocycles. The third-order valence-electron chi connectivity index (χ3n) is 6.78. The fraction of sp³-hybridized carbons (Fsp3) is 0.207. The summed E-state index contributed by atoms with van der Waals surface area (Å²) in [6.07, 6.45) is -0.501. The maximum Gasteiger partial charge on any atom is 0.303 e. The summed E-state index contributed by atoms with van der Waals surface area (Å²) in [6, 6.07) is 20.7. The topological polar surface area (TPSA) is 93.9 Å². The first-order chi connectivity index (χ1) is 17.9. The molecule has 184 valence electrons. The quantitative estimate of drug-likeness (QED) is 0.405. The van der Waals surface area contributed by atoms with Crippen LogP contribution in [0.15, 0.2) is 76.5 Å². The molecule has 0 fully saturated rings. The van der Waals surface area contributed by atoms with E-state index in [1.54, 1.807) is 29.2 Å². The summed E-state index contributed by atoms with van der Waals surface area (Å²) in [7, 11) is 0. The lowest BCUT2D eigenvalue weighted by atomic mass is 9.96. The van der Waals surface area contributed by atoms with Crippen molar-refractivity contribution in [1.82, 2.24) is 9.55 Å². The molecule has 2 aliphatic rings. The van der Waals surface area contributed by atoms with Crippen molar-refractivity contribution in [1.29, 1.82) is 0 Å². The van der Waals surface area contributed by atoms with E-state index in [0.717, 1.165) is 34.4 Å². The number of aliphatic imine (C=N–C) groups is 1. The number of esters is 1. The zero-order valence-electron chi connectivity index (χ0n) is 20.5. The zero-order chi connectivity index (χ0) is 25.7. The lowest BCUT2D eigenvalue weighted by Gasteiger charge is -2.23. The van der Waals surface area contributed by atoms with Crippen LogP contribution in [0.3, 0.4) is 0 Å². The molecule has 0 bridgehead atoms. The van der Waals surface area contributed by atoms with Crippen LogP contribution in [-0.2, 0) is 27.4 Å². The number of aromatic nitrogens is 2. The summed E-state index contributed by atoms with van der Waals surface area (Å²) in [5.74, 6) is -0.672. The number of anilines is 1. The Labute approximate surface area is 212 Å². The molecule has 1 unspecified atom stereocenters. The molecule has 8 nitrogen and oxygen atoms in total. The molecule has 0 aliphatic carbocycles. The van der Waals surface area contributed by atoms with Crippen molar-refractivity contribution >= 4 is 34.2 Å². The first-order valence-electron chi connectivity index (χ1n) is 12.1. The van der Waals surface area contributed by atoms with Gasteiger partial charge in [-0.05, 0) is 37.1 Å². The Kier molecular flexibility index (Phi) is 5.44. The van der Waals surface area contributed by atoms with Gasteiger partial charge in [0.1, 0.15) is 6.61 Å². The van der Waals surface area contributed by atoms with Gasteiger partial charge in [-0.25, -0.2) is 9.98 Å². The van der Waals surface area contributed by atoms with Crippen LogP contribution in [0.2, 0.25) is 0 Å². The third kappa shape index (κ3) is 3.81. The van der Waals surface area contributed by atoms with Crippen LogP contribution >= 0.6 is 0 Å². The number of benzene rings is 3. The molecule has 0 saturated heterocycles. The van der Waals surface area contributed by atoms with E-state index in [-0.39, 0.29) is 18.3 Å². The molecule has 2 aliphatic heterocycles. The van der Waals surface area contributed by atoms with Crippen molar-refractivity contribution < 1.29 is 14.3 Å². The predicted molar refractivity (Wildman–Crippen MR) is 140 cm³/mol. The van der Waals surface area contributed by atoms with Gasteiger partial charge in [0.05, 0.1) is 22.3 Å². The van der Waals surface area contributed by atoms with Gasteiger partial charge in [-0.2, -0.15) is 0 Å². The van der Waals surface area contributed by atoms with Gasteiger partial charge in [-0.1, -0.05) is 54.1 Å². The summed E-state index contributed by atoms with van der Waals surface area (Å²) < 4.78 is 6.53. The number of nitrogens with zero attached hydrogens (tertiary/aromatic N) is 4. The van der Waals surface area contributed by atoms with E-state index in [1.807, 2.05) is 43.3 Å². The Morgan fingerprint density at radius 2 is 1.81 bits per heavy atom. The molecular formula is C29H24N4O4. The smallest absolute Gasteiger partial charge is 0.303 e. The molecule has 8 heteroatoms. The van der Waals surface area contributed by atoms with Crippen molar-refractivity contribution in [3.63, 3.8) is 0 Å². The summed E-state index contributed by atoms with van der Waals surface area (Å²) in [6.45, 7) is 3.55. The Bertz CT molecular complexity index is 1670. The number of carbonyl (C=O) groups is 2. The van der Waals surface area contributed by atoms with E-state index < -0.39 is 17.7 Å². The molecule has 3 aromatic carbocycles. The number of ether oxygens (including phenoxy) is 1. The highest BCUT2D eigenvalue weighted by Crippen LogP contribution is 2.39. The van der Waals surface area contributed by atoms with Gasteiger partial charge in [0.15, 0.2) is 5.82 Å². The number of amides is 1. The molecule has 6 rings (SSSR count). The summed E-state index contributed by atoms with van der Waals surface area (Å²) in [5.41, 5.74) is 5.36. The lowest BCUT2D eigenvalue weighted by Crippen LogP contribution is -2.40. The fourth-order valence-corrected chi connectivity index (χ4v) is 5.20. The highest BCUT2D eigenvalue weighted by Gasteiger charge is 2.39. The van der Waals surface area contributed by atoms with Gasteiger partial charge in [0, 0.05) is 24.6 Å². The van der Waals surface area contributed by atoms with E-state index in [1.165, 1.54) is 11.5 Å². The Balaban J connectivity index is 1.65. The summed E-state index contributed by atoms with van der Waals surface area (Å²) in [5, 5.41) is 0.359. The number of hydrogen-bond donors (Lipinski definition) is 0. The number of carbonyl (C=O) groups excluding carboxylic acids is 2. The van der Waals surface area contributed by atoms with Gasteiger partial charge >= 0.3 is 5.97 Å². The number of rotatable bonds is 4. The van der Waals surface area contributed by atoms with Gasteiger partial charge in [0.25, 0.3) is 11.5 Å². The van der Waals surface area contributed by atoms with Crippen LogP contribution in [-0.4, -0.2) is 33.7 Å². The number of aryl methyl sites for hydroxylation is 1. The van der Waals surface area contributed by atoms with Crippen LogP contribution in [0.1, 0.15) is 41.2 Å². The van der Waals surface area contributed by atoms with Crippen LogP contribution < -0.4 is 10.5 Å². The minimum atomic E-state index is -1.22. The van der Waals surface area contributed by atoms with Crippen molar-refractivity contribution in [2.24, 2.45) is 4.99 Å². The molecule has 0 spiro atoms. The Morgan fingerprint density at radius 1 is 1.05 bits per heavy atom. The average molecular weight is 493 g/mol. The van der Waals surface area contributed by atoms with Crippen molar-refractivity contribution in [3.05, 3.63) is 105 Å². The maximum atomic E-state index is 14.1. The third-order valence-corrected chi connectivity index (χ3v) is 6.78. The van der Waals surface area contributed by atoms with Crippen molar-refractivity contribution in [2.45, 2.75) is 33.0 Å². The molecule has 0 radical (unpaired) electrons. The van der Waals surface area contributed by atoms with E-state index >= 15 is 0 Å². The average Bonchev–Trinajstić information content (AvgIpc) is 3.27. The van der Waals surface area contributed by atoms with Crippen molar-refractivity contribution in [3.8, 4) is 0 Å². The highest BCUT2D eigenvalue weighted by atomic mass is 16.5. The SMILES string of the molecule is CC(=O)OCc1nc2ccccc2c(=O)n1C1N=C(c2ccccc2)c2cc(C)cc3c2N(CC3)C1=O. The lowest BCUT2D eigenvalue weighted by molar-refractivity contribution is -0.142. The summed E-state index contributed by atoms with van der Waals surface area (Å²) in [4.78, 5) is 51.0. The predicted octanol–water partition coefficient (Wildman–Crippen LogP) is 3.71. The van der Waals surface area contributed by atoms with Gasteiger partial charge in [-0.3, -0.25) is 19.0 Å². The van der Waals surface area contributed by atoms with Gasteiger partial charge in [-0.15, -0.1) is 0 Å². The number of hydrogen-bond acceptors (Lipinski definition) is 6. The minimum Gasteiger partial charge on any atom is -0.458 e. The molecule has 0 N–H and O–H groups in total. The Hall–Kier alpha value is -4.59. The van der Waals surface area contributed by atoms with Crippen LogP contribution in [0.5, 0.6) is 0 Å². The minimum absolute atomic E-state index is 0.162. The van der Waals surface area contributed by atoms with E-state index in [9.17, 15) is 14.4 Å². The van der Waals surface area contributed by atoms with Crippen LogP contribution in [0.4, 0.5) is 5.69 Å². The second-order valence-electron chi connectivity index (χ2n) is 9.28. The van der Waals surface area contributed by atoms with Gasteiger partial charge in [0.2, 0.25) is 6.17 Å². The zero-order valence-corrected chi connectivity index (χ0v) is 20.5. The van der Waals surface area contributed by atoms with E-state index in [2.05, 4.69) is 11.1 Å². The maximum absolute atomic E-state index is 14.1. The largest absolute Gasteiger partial charge is 0.458 e. The molecule has 1 amide bonds.